The van der Waals surface area contributed by atoms with Crippen LogP contribution < -0.4 is 5.32 Å². The Morgan fingerprint density at radius 2 is 2.26 bits per heavy atom. The van der Waals surface area contributed by atoms with Gasteiger partial charge in [0.05, 0.1) is 10.6 Å². The van der Waals surface area contributed by atoms with Crippen molar-refractivity contribution in [3.63, 3.8) is 0 Å². The van der Waals surface area contributed by atoms with Crippen LogP contribution in [0.4, 0.5) is 15.8 Å². The van der Waals surface area contributed by atoms with Crippen molar-refractivity contribution < 1.29 is 9.31 Å². The average Bonchev–Trinajstić information content (AvgIpc) is 2.65. The molecule has 6 nitrogen and oxygen atoms in total. The number of nitrogens with one attached hydrogen (secondary N) is 1. The van der Waals surface area contributed by atoms with Crippen molar-refractivity contribution >= 4 is 11.4 Å². The van der Waals surface area contributed by atoms with Gasteiger partial charge in [-0.15, -0.1) is 0 Å². The molecule has 1 aromatic carbocycles. The van der Waals surface area contributed by atoms with E-state index in [-0.39, 0.29) is 0 Å². The molecule has 1 aromatic heterocycles. The van der Waals surface area contributed by atoms with Crippen LogP contribution in [0, 0.1) is 22.9 Å². The third-order valence-corrected chi connectivity index (χ3v) is 2.74. The summed E-state index contributed by atoms with van der Waals surface area (Å²) in [6, 6.07) is 3.74. The molecule has 2 aromatic rings. The van der Waals surface area contributed by atoms with E-state index in [1.54, 1.807) is 4.68 Å². The minimum atomic E-state index is -0.849. The number of nitro groups is 1. The third-order valence-electron chi connectivity index (χ3n) is 2.74. The lowest BCUT2D eigenvalue weighted by atomic mass is 10.2. The Bertz CT molecular complexity index is 624. The number of nitro benzene ring substituents is 1. The Labute approximate surface area is 109 Å². The molecule has 1 N–H and O–H groups in total. The average molecular weight is 264 g/mol. The summed E-state index contributed by atoms with van der Waals surface area (Å²) in [7, 11) is 1.82. The number of hydrogen-bond acceptors (Lipinski definition) is 4. The van der Waals surface area contributed by atoms with Gasteiger partial charge in [-0.2, -0.15) is 9.49 Å². The first-order chi connectivity index (χ1) is 8.97. The van der Waals surface area contributed by atoms with Gasteiger partial charge in [-0.1, -0.05) is 0 Å². The molecular formula is C12H13FN4O2. The highest BCUT2D eigenvalue weighted by Crippen LogP contribution is 2.21. The van der Waals surface area contributed by atoms with Gasteiger partial charge in [0.15, 0.2) is 0 Å². The molecule has 0 aliphatic carbocycles. The highest BCUT2D eigenvalue weighted by molar-refractivity contribution is 5.50. The Morgan fingerprint density at radius 3 is 2.79 bits per heavy atom. The van der Waals surface area contributed by atoms with Gasteiger partial charge < -0.3 is 5.32 Å². The first-order valence-corrected chi connectivity index (χ1v) is 5.64. The zero-order valence-corrected chi connectivity index (χ0v) is 10.6. The van der Waals surface area contributed by atoms with Gasteiger partial charge in [0, 0.05) is 43.2 Å². The van der Waals surface area contributed by atoms with Crippen molar-refractivity contribution in [2.24, 2.45) is 7.05 Å². The fourth-order valence-electron chi connectivity index (χ4n) is 1.78. The van der Waals surface area contributed by atoms with Gasteiger partial charge in [0.25, 0.3) is 0 Å². The molecule has 0 atom stereocenters. The molecule has 0 bridgehead atoms. The molecule has 0 unspecified atom stereocenters. The minimum absolute atomic E-state index is 0.483. The Hall–Kier alpha value is -2.44. The van der Waals surface area contributed by atoms with Crippen LogP contribution >= 0.6 is 0 Å². The summed E-state index contributed by atoms with van der Waals surface area (Å²) in [4.78, 5) is 9.75. The van der Waals surface area contributed by atoms with Gasteiger partial charge in [0.1, 0.15) is 0 Å². The van der Waals surface area contributed by atoms with E-state index in [1.165, 1.54) is 6.07 Å². The molecular weight excluding hydrogens is 251 g/mol. The predicted molar refractivity (Wildman–Crippen MR) is 68.3 cm³/mol. The van der Waals surface area contributed by atoms with Crippen LogP contribution in [-0.4, -0.2) is 14.7 Å². The summed E-state index contributed by atoms with van der Waals surface area (Å²) < 4.78 is 15.1. The lowest BCUT2D eigenvalue weighted by Crippen LogP contribution is -2.01. The molecule has 100 valence electrons. The van der Waals surface area contributed by atoms with Gasteiger partial charge >= 0.3 is 5.69 Å². The smallest absolute Gasteiger partial charge is 0.304 e. The monoisotopic (exact) mass is 264 g/mol. The fraction of sp³-hybridized carbons (Fsp3) is 0.250. The first-order valence-electron chi connectivity index (χ1n) is 5.64. The number of nitrogens with zero attached hydrogens (tertiary/aromatic N) is 3. The quantitative estimate of drug-likeness (QED) is 0.679. The molecule has 0 spiro atoms. The maximum Gasteiger partial charge on any atom is 0.304 e. The second kappa shape index (κ2) is 5.05. The molecule has 0 amide bonds. The van der Waals surface area contributed by atoms with Crippen LogP contribution in [0.5, 0.6) is 0 Å². The Kier molecular flexibility index (Phi) is 3.46. The van der Waals surface area contributed by atoms with E-state index in [0.717, 1.165) is 23.4 Å². The molecule has 7 heteroatoms. The SMILES string of the molecule is Cc1nn(C)cc1CNc1ccc([N+](=O)[O-])c(F)c1. The number of halogens is 1. The second-order valence-corrected chi connectivity index (χ2v) is 4.19. The highest BCUT2D eigenvalue weighted by Gasteiger charge is 2.13. The van der Waals surface area contributed by atoms with Crippen LogP contribution in [0.2, 0.25) is 0 Å². The van der Waals surface area contributed by atoms with Gasteiger partial charge in [-0.25, -0.2) is 0 Å². The summed E-state index contributed by atoms with van der Waals surface area (Å²) in [5.74, 6) is -0.849. The van der Waals surface area contributed by atoms with Gasteiger partial charge in [-0.05, 0) is 13.0 Å². The van der Waals surface area contributed by atoms with Crippen molar-refractivity contribution in [2.75, 3.05) is 5.32 Å². The van der Waals surface area contributed by atoms with Crippen molar-refractivity contribution in [1.29, 1.82) is 0 Å². The third kappa shape index (κ3) is 2.87. The van der Waals surface area contributed by atoms with Crippen LogP contribution in [0.15, 0.2) is 24.4 Å². The van der Waals surface area contributed by atoms with Crippen LogP contribution in [0.1, 0.15) is 11.3 Å². The molecule has 0 fully saturated rings. The highest BCUT2D eigenvalue weighted by atomic mass is 19.1. The summed E-state index contributed by atoms with van der Waals surface area (Å²) in [6.07, 6.45) is 1.87. The van der Waals surface area contributed by atoms with E-state index in [4.69, 9.17) is 0 Å². The molecule has 2 rings (SSSR count). The van der Waals surface area contributed by atoms with E-state index in [2.05, 4.69) is 10.4 Å². The van der Waals surface area contributed by atoms with Crippen molar-refractivity contribution in [2.45, 2.75) is 13.5 Å². The standard InChI is InChI=1S/C12H13FN4O2/c1-8-9(7-16(2)15-8)6-14-10-3-4-12(17(18)19)11(13)5-10/h3-5,7,14H,6H2,1-2H3. The Balaban J connectivity index is 2.10. The summed E-state index contributed by atoms with van der Waals surface area (Å²) in [5.41, 5.74) is 1.84. The Morgan fingerprint density at radius 1 is 1.53 bits per heavy atom. The normalized spacial score (nSPS) is 10.5. The van der Waals surface area contributed by atoms with Gasteiger partial charge in [-0.3, -0.25) is 14.8 Å². The first kappa shape index (κ1) is 13.0. The van der Waals surface area contributed by atoms with Crippen LogP contribution in [0.3, 0.4) is 0 Å². The molecule has 1 heterocycles. The second-order valence-electron chi connectivity index (χ2n) is 4.19. The minimum Gasteiger partial charge on any atom is -0.381 e. The van der Waals surface area contributed by atoms with E-state index < -0.39 is 16.4 Å². The maximum absolute atomic E-state index is 13.4. The van der Waals surface area contributed by atoms with Crippen molar-refractivity contribution in [3.05, 3.63) is 51.6 Å². The summed E-state index contributed by atoms with van der Waals surface area (Å²) in [5, 5.41) is 17.7. The van der Waals surface area contributed by atoms with Crippen molar-refractivity contribution in [1.82, 2.24) is 9.78 Å². The zero-order valence-electron chi connectivity index (χ0n) is 10.6. The molecule has 0 radical (unpaired) electrons. The molecule has 0 aliphatic heterocycles. The number of benzene rings is 1. The topological polar surface area (TPSA) is 73.0 Å². The van der Waals surface area contributed by atoms with Crippen LogP contribution in [0.25, 0.3) is 0 Å². The van der Waals surface area contributed by atoms with Crippen molar-refractivity contribution in [3.8, 4) is 0 Å². The number of aromatic nitrogens is 2. The maximum atomic E-state index is 13.4. The van der Waals surface area contributed by atoms with E-state index in [0.29, 0.717) is 12.2 Å². The number of aryl methyl sites for hydroxylation is 2. The number of rotatable bonds is 4. The molecule has 0 saturated heterocycles. The lowest BCUT2D eigenvalue weighted by Gasteiger charge is -2.05. The predicted octanol–water partition coefficient (Wildman–Crippen LogP) is 2.39. The number of hydrogen-bond donors (Lipinski definition) is 1. The lowest BCUT2D eigenvalue weighted by molar-refractivity contribution is -0.387. The van der Waals surface area contributed by atoms with Crippen LogP contribution in [-0.2, 0) is 13.6 Å². The zero-order chi connectivity index (χ0) is 14.0. The summed E-state index contributed by atoms with van der Waals surface area (Å²) in [6.45, 7) is 2.37. The van der Waals surface area contributed by atoms with E-state index in [1.807, 2.05) is 20.2 Å². The molecule has 19 heavy (non-hydrogen) atoms. The molecule has 0 aliphatic rings. The number of anilines is 1. The van der Waals surface area contributed by atoms with E-state index >= 15 is 0 Å². The summed E-state index contributed by atoms with van der Waals surface area (Å²) >= 11 is 0. The molecule has 0 saturated carbocycles. The van der Waals surface area contributed by atoms with E-state index in [9.17, 15) is 14.5 Å². The fourth-order valence-corrected chi connectivity index (χ4v) is 1.78. The largest absolute Gasteiger partial charge is 0.381 e. The van der Waals surface area contributed by atoms with Gasteiger partial charge in [0.2, 0.25) is 5.82 Å².